The number of hydrogen-bond donors (Lipinski definition) is 2. The van der Waals surface area contributed by atoms with Crippen molar-refractivity contribution in [2.24, 2.45) is 0 Å². The first-order valence-corrected chi connectivity index (χ1v) is 9.33. The fourth-order valence-electron chi connectivity index (χ4n) is 3.17. The second-order valence-corrected chi connectivity index (χ2v) is 6.66. The van der Waals surface area contributed by atoms with E-state index in [1.807, 2.05) is 6.92 Å². The van der Waals surface area contributed by atoms with Gasteiger partial charge in [0.05, 0.1) is 0 Å². The van der Waals surface area contributed by atoms with Crippen LogP contribution in [0.3, 0.4) is 0 Å². The number of nitrogens with zero attached hydrogens (tertiary/aromatic N) is 2. The maximum absolute atomic E-state index is 12.3. The van der Waals surface area contributed by atoms with Crippen LogP contribution >= 0.6 is 0 Å². The van der Waals surface area contributed by atoms with Crippen molar-refractivity contribution >= 4 is 5.91 Å². The van der Waals surface area contributed by atoms with Crippen LogP contribution in [0, 0.1) is 0 Å². The van der Waals surface area contributed by atoms with Gasteiger partial charge in [0, 0.05) is 18.5 Å². The Hall–Kier alpha value is -1.40. The lowest BCUT2D eigenvalue weighted by molar-refractivity contribution is 0.0932. The minimum atomic E-state index is -0.135. The van der Waals surface area contributed by atoms with E-state index in [9.17, 15) is 4.79 Å². The lowest BCUT2D eigenvalue weighted by Gasteiger charge is -2.19. The van der Waals surface area contributed by atoms with Crippen LogP contribution in [-0.4, -0.2) is 54.6 Å². The van der Waals surface area contributed by atoms with Crippen LogP contribution in [0.5, 0.6) is 0 Å². The van der Waals surface area contributed by atoms with Crippen molar-refractivity contribution in [3.63, 3.8) is 0 Å². The lowest BCUT2D eigenvalue weighted by atomic mass is 10.00. The molecule has 2 rings (SSSR count). The molecule has 0 saturated carbocycles. The Kier molecular flexibility index (Phi) is 7.72. The molecule has 2 atom stereocenters. The monoisotopic (exact) mass is 336 g/mol. The number of carbonyl (C=O) groups is 1. The van der Waals surface area contributed by atoms with Gasteiger partial charge in [-0.05, 0) is 58.8 Å². The molecule has 1 aliphatic rings. The highest BCUT2D eigenvalue weighted by molar-refractivity contribution is 5.92. The molecule has 0 aliphatic carbocycles. The van der Waals surface area contributed by atoms with E-state index in [-0.39, 0.29) is 17.9 Å². The Morgan fingerprint density at radius 2 is 2.29 bits per heavy atom. The molecular formula is C18H32N4O2. The predicted octanol–water partition coefficient (Wildman–Crippen LogP) is 2.38. The van der Waals surface area contributed by atoms with Crippen molar-refractivity contribution in [1.82, 2.24) is 20.5 Å². The molecule has 1 aromatic heterocycles. The third-order valence-electron chi connectivity index (χ3n) is 4.78. The summed E-state index contributed by atoms with van der Waals surface area (Å²) in [5, 5.41) is 6.37. The molecule has 6 heteroatoms. The van der Waals surface area contributed by atoms with Crippen LogP contribution in [0.1, 0.15) is 68.8 Å². The minimum absolute atomic E-state index is 0.135. The van der Waals surface area contributed by atoms with E-state index in [0.717, 1.165) is 58.4 Å². The van der Waals surface area contributed by atoms with Crippen LogP contribution < -0.4 is 10.6 Å². The summed E-state index contributed by atoms with van der Waals surface area (Å²) < 4.78 is 5.53. The molecule has 2 heterocycles. The lowest BCUT2D eigenvalue weighted by Crippen LogP contribution is -2.34. The van der Waals surface area contributed by atoms with Crippen LogP contribution in [0.4, 0.5) is 0 Å². The number of nitrogens with one attached hydrogen (secondary N) is 2. The standard InChI is InChI=1S/C18H32N4O2/c1-4-22(5-2)11-7-8-14(3)20-17(23)16-13-24-18(21-16)15-9-6-10-19-12-15/h13-15,19H,4-12H2,1-3H3,(H,20,23). The summed E-state index contributed by atoms with van der Waals surface area (Å²) >= 11 is 0. The zero-order valence-electron chi connectivity index (χ0n) is 15.3. The van der Waals surface area contributed by atoms with Gasteiger partial charge in [-0.25, -0.2) is 4.98 Å². The fourth-order valence-corrected chi connectivity index (χ4v) is 3.17. The highest BCUT2D eigenvalue weighted by Crippen LogP contribution is 2.22. The largest absolute Gasteiger partial charge is 0.448 e. The zero-order valence-corrected chi connectivity index (χ0v) is 15.3. The van der Waals surface area contributed by atoms with Crippen molar-refractivity contribution in [1.29, 1.82) is 0 Å². The van der Waals surface area contributed by atoms with Crippen molar-refractivity contribution < 1.29 is 9.21 Å². The predicted molar refractivity (Wildman–Crippen MR) is 95.3 cm³/mol. The molecule has 1 saturated heterocycles. The molecule has 0 radical (unpaired) electrons. The Morgan fingerprint density at radius 3 is 2.96 bits per heavy atom. The summed E-state index contributed by atoms with van der Waals surface area (Å²) in [6, 6.07) is 0.143. The first-order chi connectivity index (χ1) is 11.6. The number of hydrogen-bond acceptors (Lipinski definition) is 5. The number of amides is 1. The first-order valence-electron chi connectivity index (χ1n) is 9.33. The molecule has 1 aliphatic heterocycles. The van der Waals surface area contributed by atoms with Gasteiger partial charge in [-0.2, -0.15) is 0 Å². The third-order valence-corrected chi connectivity index (χ3v) is 4.78. The summed E-state index contributed by atoms with van der Waals surface area (Å²) in [6.07, 6.45) is 5.73. The second kappa shape index (κ2) is 9.79. The molecular weight excluding hydrogens is 304 g/mol. The van der Waals surface area contributed by atoms with Crippen LogP contribution in [0.25, 0.3) is 0 Å². The topological polar surface area (TPSA) is 70.4 Å². The maximum Gasteiger partial charge on any atom is 0.273 e. The summed E-state index contributed by atoms with van der Waals surface area (Å²) in [6.45, 7) is 11.6. The van der Waals surface area contributed by atoms with E-state index in [0.29, 0.717) is 11.6 Å². The molecule has 2 N–H and O–H groups in total. The van der Waals surface area contributed by atoms with Gasteiger partial charge in [0.15, 0.2) is 11.6 Å². The van der Waals surface area contributed by atoms with Crippen molar-refractivity contribution in [2.45, 2.75) is 58.4 Å². The van der Waals surface area contributed by atoms with E-state index in [4.69, 9.17) is 4.42 Å². The molecule has 24 heavy (non-hydrogen) atoms. The van der Waals surface area contributed by atoms with Gasteiger partial charge in [0.25, 0.3) is 5.91 Å². The Labute approximate surface area is 145 Å². The van der Waals surface area contributed by atoms with Gasteiger partial charge in [-0.1, -0.05) is 13.8 Å². The molecule has 0 bridgehead atoms. The highest BCUT2D eigenvalue weighted by Gasteiger charge is 2.22. The second-order valence-electron chi connectivity index (χ2n) is 6.66. The van der Waals surface area contributed by atoms with Gasteiger partial charge in [0.2, 0.25) is 0 Å². The fraction of sp³-hybridized carbons (Fsp3) is 0.778. The molecule has 6 nitrogen and oxygen atoms in total. The Morgan fingerprint density at radius 1 is 1.50 bits per heavy atom. The Balaban J connectivity index is 1.76. The Bertz CT molecular complexity index is 493. The normalized spacial score (nSPS) is 19.4. The van der Waals surface area contributed by atoms with Crippen LogP contribution in [0.15, 0.2) is 10.7 Å². The number of carbonyl (C=O) groups excluding carboxylic acids is 1. The van der Waals surface area contributed by atoms with Gasteiger partial charge >= 0.3 is 0 Å². The van der Waals surface area contributed by atoms with Crippen molar-refractivity contribution in [3.8, 4) is 0 Å². The SMILES string of the molecule is CCN(CC)CCCC(C)NC(=O)c1coc(C2CCCNC2)n1. The maximum atomic E-state index is 12.3. The number of aromatic nitrogens is 1. The number of piperidine rings is 1. The summed E-state index contributed by atoms with van der Waals surface area (Å²) in [7, 11) is 0. The minimum Gasteiger partial charge on any atom is -0.448 e. The number of rotatable bonds is 9. The van der Waals surface area contributed by atoms with Gasteiger partial charge < -0.3 is 20.0 Å². The number of oxazole rings is 1. The molecule has 1 fully saturated rings. The van der Waals surface area contributed by atoms with E-state index >= 15 is 0 Å². The molecule has 1 aromatic rings. The van der Waals surface area contributed by atoms with Gasteiger partial charge in [-0.15, -0.1) is 0 Å². The van der Waals surface area contributed by atoms with E-state index in [1.165, 1.54) is 6.26 Å². The van der Waals surface area contributed by atoms with Crippen molar-refractivity contribution in [3.05, 3.63) is 17.8 Å². The van der Waals surface area contributed by atoms with E-state index in [2.05, 4.69) is 34.4 Å². The first kappa shape index (κ1) is 18.9. The van der Waals surface area contributed by atoms with Gasteiger partial charge in [0.1, 0.15) is 6.26 Å². The third kappa shape index (κ3) is 5.60. The molecule has 2 unspecified atom stereocenters. The summed E-state index contributed by atoms with van der Waals surface area (Å²) in [4.78, 5) is 19.1. The molecule has 0 spiro atoms. The van der Waals surface area contributed by atoms with Crippen LogP contribution in [0.2, 0.25) is 0 Å². The van der Waals surface area contributed by atoms with Gasteiger partial charge in [-0.3, -0.25) is 4.79 Å². The summed E-state index contributed by atoms with van der Waals surface area (Å²) in [5.74, 6) is 0.831. The van der Waals surface area contributed by atoms with Crippen LogP contribution in [-0.2, 0) is 0 Å². The summed E-state index contributed by atoms with van der Waals surface area (Å²) in [5.41, 5.74) is 0.395. The van der Waals surface area contributed by atoms with E-state index < -0.39 is 0 Å². The van der Waals surface area contributed by atoms with E-state index in [1.54, 1.807) is 0 Å². The zero-order chi connectivity index (χ0) is 17.4. The molecule has 0 aromatic carbocycles. The smallest absolute Gasteiger partial charge is 0.273 e. The quantitative estimate of drug-likeness (QED) is 0.724. The van der Waals surface area contributed by atoms with Crippen molar-refractivity contribution in [2.75, 3.05) is 32.7 Å². The average Bonchev–Trinajstić information content (AvgIpc) is 3.10. The highest BCUT2D eigenvalue weighted by atomic mass is 16.3. The molecule has 1 amide bonds. The average molecular weight is 336 g/mol. The molecule has 136 valence electrons.